The summed E-state index contributed by atoms with van der Waals surface area (Å²) in [5, 5.41) is 0. The second kappa shape index (κ2) is 4.57. The van der Waals surface area contributed by atoms with Gasteiger partial charge in [0.2, 0.25) is 0 Å². The van der Waals surface area contributed by atoms with Crippen molar-refractivity contribution in [3.8, 4) is 11.5 Å². The van der Waals surface area contributed by atoms with Gasteiger partial charge < -0.3 is 14.2 Å². The average Bonchev–Trinajstić information content (AvgIpc) is 2.28. The quantitative estimate of drug-likeness (QED) is 0.804. The summed E-state index contributed by atoms with van der Waals surface area (Å²) in [5.41, 5.74) is 2.21. The molecule has 1 aliphatic heterocycles. The first-order chi connectivity index (χ1) is 8.08. The van der Waals surface area contributed by atoms with E-state index in [0.717, 1.165) is 42.1 Å². The van der Waals surface area contributed by atoms with Crippen molar-refractivity contribution in [3.63, 3.8) is 0 Å². The highest BCUT2D eigenvalue weighted by molar-refractivity contribution is 5.46. The van der Waals surface area contributed by atoms with Crippen molar-refractivity contribution in [3.05, 3.63) is 23.3 Å². The summed E-state index contributed by atoms with van der Waals surface area (Å²) in [5.74, 6) is 1.82. The molecule has 3 nitrogen and oxygen atoms in total. The fourth-order valence-corrected chi connectivity index (χ4v) is 2.24. The van der Waals surface area contributed by atoms with Gasteiger partial charge in [-0.1, -0.05) is 0 Å². The summed E-state index contributed by atoms with van der Waals surface area (Å²) in [6, 6.07) is 4.08. The molecule has 17 heavy (non-hydrogen) atoms. The van der Waals surface area contributed by atoms with Crippen molar-refractivity contribution in [2.45, 2.75) is 32.3 Å². The second-order valence-corrected chi connectivity index (χ2v) is 4.86. The summed E-state index contributed by atoms with van der Waals surface area (Å²) in [4.78, 5) is 0. The molecule has 0 saturated carbocycles. The van der Waals surface area contributed by atoms with Crippen molar-refractivity contribution < 1.29 is 14.2 Å². The molecule has 0 aliphatic carbocycles. The van der Waals surface area contributed by atoms with E-state index in [0.29, 0.717) is 0 Å². The van der Waals surface area contributed by atoms with E-state index >= 15 is 0 Å². The minimum atomic E-state index is -0.0342. The van der Waals surface area contributed by atoms with Gasteiger partial charge in [0, 0.05) is 12.0 Å². The summed E-state index contributed by atoms with van der Waals surface area (Å²) in [7, 11) is 3.40. The van der Waals surface area contributed by atoms with E-state index in [9.17, 15) is 0 Å². The van der Waals surface area contributed by atoms with Crippen molar-refractivity contribution in [2.24, 2.45) is 0 Å². The molecule has 0 spiro atoms. The molecule has 1 saturated heterocycles. The van der Waals surface area contributed by atoms with Gasteiger partial charge in [0.1, 0.15) is 11.5 Å². The number of hydrogen-bond acceptors (Lipinski definition) is 3. The Morgan fingerprint density at radius 1 is 1.24 bits per heavy atom. The summed E-state index contributed by atoms with van der Waals surface area (Å²) in [6.45, 7) is 5.02. The molecule has 2 rings (SSSR count). The first kappa shape index (κ1) is 12.2. The average molecular weight is 236 g/mol. The lowest BCUT2D eigenvalue weighted by atomic mass is 9.88. The maximum absolute atomic E-state index is 5.63. The highest BCUT2D eigenvalue weighted by Crippen LogP contribution is 2.35. The molecule has 1 atom stereocenters. The smallest absolute Gasteiger partial charge is 0.122 e. The maximum Gasteiger partial charge on any atom is 0.122 e. The van der Waals surface area contributed by atoms with Gasteiger partial charge in [0.25, 0.3) is 0 Å². The zero-order valence-electron chi connectivity index (χ0n) is 11.0. The molecule has 0 N–H and O–H groups in total. The molecular weight excluding hydrogens is 216 g/mol. The Bertz CT molecular complexity index is 408. The van der Waals surface area contributed by atoms with E-state index in [2.05, 4.69) is 13.0 Å². The highest BCUT2D eigenvalue weighted by Gasteiger charge is 2.34. The Hall–Kier alpha value is -1.22. The van der Waals surface area contributed by atoms with Gasteiger partial charge in [-0.25, -0.2) is 0 Å². The minimum Gasteiger partial charge on any atom is -0.496 e. The number of benzene rings is 1. The minimum absolute atomic E-state index is 0.0342. The van der Waals surface area contributed by atoms with Gasteiger partial charge >= 0.3 is 0 Å². The highest BCUT2D eigenvalue weighted by atomic mass is 16.5. The molecule has 1 aromatic carbocycles. The SMILES string of the molecule is COc1cc(CC2(C)CCO2)c(OC)cc1C. The third kappa shape index (κ3) is 2.39. The van der Waals surface area contributed by atoms with Crippen molar-refractivity contribution in [1.29, 1.82) is 0 Å². The van der Waals surface area contributed by atoms with Crippen LogP contribution in [0.4, 0.5) is 0 Å². The molecule has 1 unspecified atom stereocenters. The Kier molecular flexibility index (Phi) is 3.29. The molecule has 0 aromatic heterocycles. The lowest BCUT2D eigenvalue weighted by molar-refractivity contribution is -0.133. The molecule has 0 radical (unpaired) electrons. The molecule has 1 fully saturated rings. The molecule has 3 heteroatoms. The monoisotopic (exact) mass is 236 g/mol. The van der Waals surface area contributed by atoms with E-state index in [-0.39, 0.29) is 5.60 Å². The third-order valence-corrected chi connectivity index (χ3v) is 3.44. The van der Waals surface area contributed by atoms with Crippen LogP contribution in [0.5, 0.6) is 11.5 Å². The van der Waals surface area contributed by atoms with Crippen LogP contribution < -0.4 is 9.47 Å². The van der Waals surface area contributed by atoms with Crippen LogP contribution in [0.2, 0.25) is 0 Å². The molecule has 94 valence electrons. The van der Waals surface area contributed by atoms with E-state index in [1.165, 1.54) is 0 Å². The predicted molar refractivity (Wildman–Crippen MR) is 67.0 cm³/mol. The van der Waals surface area contributed by atoms with Crippen LogP contribution in [0.15, 0.2) is 12.1 Å². The van der Waals surface area contributed by atoms with Gasteiger partial charge in [0.15, 0.2) is 0 Å². The largest absolute Gasteiger partial charge is 0.496 e. The van der Waals surface area contributed by atoms with Crippen molar-refractivity contribution in [2.75, 3.05) is 20.8 Å². The third-order valence-electron chi connectivity index (χ3n) is 3.44. The Balaban J connectivity index is 2.30. The first-order valence-corrected chi connectivity index (χ1v) is 5.93. The Morgan fingerprint density at radius 2 is 1.88 bits per heavy atom. The van der Waals surface area contributed by atoms with Gasteiger partial charge in [-0.05, 0) is 38.0 Å². The van der Waals surface area contributed by atoms with E-state index in [1.807, 2.05) is 13.0 Å². The zero-order valence-corrected chi connectivity index (χ0v) is 11.0. The van der Waals surface area contributed by atoms with Crippen LogP contribution in [-0.2, 0) is 11.2 Å². The Labute approximate surface area is 103 Å². The number of rotatable bonds is 4. The van der Waals surface area contributed by atoms with Gasteiger partial charge in [-0.2, -0.15) is 0 Å². The van der Waals surface area contributed by atoms with Gasteiger partial charge in [-0.3, -0.25) is 0 Å². The zero-order chi connectivity index (χ0) is 12.5. The fourth-order valence-electron chi connectivity index (χ4n) is 2.24. The second-order valence-electron chi connectivity index (χ2n) is 4.86. The molecular formula is C14H20O3. The number of ether oxygens (including phenoxy) is 3. The number of methoxy groups -OCH3 is 2. The van der Waals surface area contributed by atoms with E-state index in [1.54, 1.807) is 14.2 Å². The fraction of sp³-hybridized carbons (Fsp3) is 0.571. The van der Waals surface area contributed by atoms with Crippen LogP contribution in [0.25, 0.3) is 0 Å². The predicted octanol–water partition coefficient (Wildman–Crippen LogP) is 2.73. The molecule has 0 bridgehead atoms. The van der Waals surface area contributed by atoms with E-state index < -0.39 is 0 Å². The Morgan fingerprint density at radius 3 is 2.35 bits per heavy atom. The van der Waals surface area contributed by atoms with Crippen molar-refractivity contribution in [1.82, 2.24) is 0 Å². The topological polar surface area (TPSA) is 27.7 Å². The lowest BCUT2D eigenvalue weighted by Gasteiger charge is -2.39. The van der Waals surface area contributed by atoms with E-state index in [4.69, 9.17) is 14.2 Å². The van der Waals surface area contributed by atoms with Gasteiger partial charge in [-0.15, -0.1) is 0 Å². The summed E-state index contributed by atoms with van der Waals surface area (Å²) in [6.07, 6.45) is 1.97. The van der Waals surface area contributed by atoms with Crippen LogP contribution in [-0.4, -0.2) is 26.4 Å². The van der Waals surface area contributed by atoms with Gasteiger partial charge in [0.05, 0.1) is 26.4 Å². The number of hydrogen-bond donors (Lipinski definition) is 0. The summed E-state index contributed by atoms with van der Waals surface area (Å²) < 4.78 is 16.4. The standard InChI is InChI=1S/C14H20O3/c1-10-7-13(16-4)11(8-12(10)15-3)9-14(2)5-6-17-14/h7-8H,5-6,9H2,1-4H3. The molecule has 1 heterocycles. The molecule has 1 aliphatic rings. The first-order valence-electron chi connectivity index (χ1n) is 5.93. The normalized spacial score (nSPS) is 23.1. The van der Waals surface area contributed by atoms with Crippen LogP contribution >= 0.6 is 0 Å². The van der Waals surface area contributed by atoms with Crippen molar-refractivity contribution >= 4 is 0 Å². The number of aryl methyl sites for hydroxylation is 1. The summed E-state index contributed by atoms with van der Waals surface area (Å²) >= 11 is 0. The molecule has 1 aromatic rings. The van der Waals surface area contributed by atoms with Crippen LogP contribution in [0, 0.1) is 6.92 Å². The van der Waals surface area contributed by atoms with Crippen LogP contribution in [0.1, 0.15) is 24.5 Å². The lowest BCUT2D eigenvalue weighted by Crippen LogP contribution is -2.42. The molecule has 0 amide bonds. The van der Waals surface area contributed by atoms with Crippen LogP contribution in [0.3, 0.4) is 0 Å². The maximum atomic E-state index is 5.63.